The van der Waals surface area contributed by atoms with Crippen LogP contribution in [0.5, 0.6) is 0 Å². The van der Waals surface area contributed by atoms with E-state index in [1.54, 1.807) is 7.11 Å². The molecule has 0 saturated heterocycles. The van der Waals surface area contributed by atoms with Gasteiger partial charge >= 0.3 is 0 Å². The Bertz CT molecular complexity index is 658. The average molecular weight is 328 g/mol. The number of aromatic nitrogens is 1. The van der Waals surface area contributed by atoms with Crippen LogP contribution >= 0.6 is 0 Å². The lowest BCUT2D eigenvalue weighted by atomic mass is 9.75. The molecule has 4 nitrogen and oxygen atoms in total. The van der Waals surface area contributed by atoms with Crippen molar-refractivity contribution in [3.05, 3.63) is 36.0 Å². The molecule has 1 amide bonds. The zero-order valence-electron chi connectivity index (χ0n) is 14.5. The van der Waals surface area contributed by atoms with E-state index in [9.17, 15) is 4.79 Å². The van der Waals surface area contributed by atoms with E-state index in [1.807, 2.05) is 0 Å². The Morgan fingerprint density at radius 1 is 1.29 bits per heavy atom. The van der Waals surface area contributed by atoms with Crippen molar-refractivity contribution in [3.63, 3.8) is 0 Å². The lowest BCUT2D eigenvalue weighted by molar-refractivity contribution is -0.122. The van der Waals surface area contributed by atoms with Crippen molar-refractivity contribution in [1.82, 2.24) is 10.3 Å². The fraction of sp³-hybridized carbons (Fsp3) is 0.550. The molecule has 1 aromatic carbocycles. The molecule has 1 heterocycles. The second-order valence-corrected chi connectivity index (χ2v) is 6.84. The molecular formula is C20H28N2O2. The molecule has 1 atom stereocenters. The van der Waals surface area contributed by atoms with Crippen molar-refractivity contribution >= 4 is 16.8 Å². The first kappa shape index (κ1) is 17.0. The minimum Gasteiger partial charge on any atom is -0.383 e. The van der Waals surface area contributed by atoms with E-state index in [-0.39, 0.29) is 5.91 Å². The number of H-pyrrole nitrogens is 1. The van der Waals surface area contributed by atoms with Crippen LogP contribution in [0.15, 0.2) is 30.5 Å². The molecule has 1 saturated carbocycles. The van der Waals surface area contributed by atoms with Gasteiger partial charge < -0.3 is 15.0 Å². The summed E-state index contributed by atoms with van der Waals surface area (Å²) in [5.41, 5.74) is 2.47. The molecular weight excluding hydrogens is 300 g/mol. The highest BCUT2D eigenvalue weighted by Gasteiger charge is 2.28. The quantitative estimate of drug-likeness (QED) is 0.755. The smallest absolute Gasteiger partial charge is 0.220 e. The number of hydrogen-bond acceptors (Lipinski definition) is 2. The van der Waals surface area contributed by atoms with Crippen LogP contribution < -0.4 is 5.32 Å². The van der Waals surface area contributed by atoms with Gasteiger partial charge in [0.05, 0.1) is 6.61 Å². The van der Waals surface area contributed by atoms with Crippen molar-refractivity contribution in [2.45, 2.75) is 44.4 Å². The Morgan fingerprint density at radius 2 is 2.08 bits per heavy atom. The normalized spacial score (nSPS) is 17.0. The van der Waals surface area contributed by atoms with Gasteiger partial charge in [0.1, 0.15) is 0 Å². The molecule has 3 rings (SSSR count). The van der Waals surface area contributed by atoms with Crippen LogP contribution in [0.25, 0.3) is 10.9 Å². The molecule has 1 aliphatic rings. The summed E-state index contributed by atoms with van der Waals surface area (Å²) in [6.45, 7) is 1.15. The number of aromatic amines is 1. The van der Waals surface area contributed by atoms with E-state index < -0.39 is 0 Å². The number of ether oxygens (including phenoxy) is 1. The highest BCUT2D eigenvalue weighted by atomic mass is 16.5. The first-order valence-electron chi connectivity index (χ1n) is 9.11. The molecule has 1 aromatic heterocycles. The summed E-state index contributed by atoms with van der Waals surface area (Å²) in [4.78, 5) is 15.8. The number of amides is 1. The van der Waals surface area contributed by atoms with E-state index in [0.29, 0.717) is 31.4 Å². The predicted molar refractivity (Wildman–Crippen MR) is 97.1 cm³/mol. The summed E-state index contributed by atoms with van der Waals surface area (Å²) in [5, 5.41) is 4.25. The Morgan fingerprint density at radius 3 is 2.88 bits per heavy atom. The van der Waals surface area contributed by atoms with Crippen LogP contribution in [0.3, 0.4) is 0 Å². The maximum atomic E-state index is 12.4. The summed E-state index contributed by atoms with van der Waals surface area (Å²) in [5.74, 6) is 1.03. The number of hydrogen-bond donors (Lipinski definition) is 2. The van der Waals surface area contributed by atoms with Gasteiger partial charge in [-0.3, -0.25) is 4.79 Å². The van der Waals surface area contributed by atoms with E-state index in [4.69, 9.17) is 4.74 Å². The highest BCUT2D eigenvalue weighted by molar-refractivity contribution is 5.85. The maximum Gasteiger partial charge on any atom is 0.220 e. The first-order chi connectivity index (χ1) is 11.8. The fourth-order valence-electron chi connectivity index (χ4n) is 4.03. The minimum atomic E-state index is 0.132. The molecule has 0 unspecified atom stereocenters. The number of carbonyl (C=O) groups excluding carboxylic acids is 1. The third-order valence-electron chi connectivity index (χ3n) is 5.27. The molecule has 1 fully saturated rings. The number of para-hydroxylation sites is 1. The molecule has 0 aliphatic heterocycles. The summed E-state index contributed by atoms with van der Waals surface area (Å²) >= 11 is 0. The summed E-state index contributed by atoms with van der Waals surface area (Å²) in [6, 6.07) is 8.40. The topological polar surface area (TPSA) is 54.1 Å². The van der Waals surface area contributed by atoms with Crippen LogP contribution in [0, 0.1) is 5.92 Å². The van der Waals surface area contributed by atoms with Crippen molar-refractivity contribution in [3.8, 4) is 0 Å². The summed E-state index contributed by atoms with van der Waals surface area (Å²) in [6.07, 6.45) is 9.05. The standard InChI is InChI=1S/C20H28N2O2/c1-24-12-11-21-20(23)13-17(15-7-3-2-4-8-15)18-14-22-19-10-6-5-9-16(18)19/h5-6,9-10,14-15,17,22H,2-4,7-8,11-13H2,1H3,(H,21,23)/t17-/m0/s1. The van der Waals surface area contributed by atoms with Gasteiger partial charge in [0, 0.05) is 37.2 Å². The molecule has 2 N–H and O–H groups in total. The molecule has 2 aromatic rings. The average Bonchev–Trinajstić information content (AvgIpc) is 3.04. The van der Waals surface area contributed by atoms with Crippen molar-refractivity contribution in [2.24, 2.45) is 5.92 Å². The number of fused-ring (bicyclic) bond motifs is 1. The zero-order chi connectivity index (χ0) is 16.8. The summed E-state index contributed by atoms with van der Waals surface area (Å²) < 4.78 is 5.02. The van der Waals surface area contributed by atoms with Crippen molar-refractivity contribution < 1.29 is 9.53 Å². The van der Waals surface area contributed by atoms with E-state index in [1.165, 1.54) is 43.1 Å². The fourth-order valence-corrected chi connectivity index (χ4v) is 4.03. The van der Waals surface area contributed by atoms with Gasteiger partial charge in [0.25, 0.3) is 0 Å². The second-order valence-electron chi connectivity index (χ2n) is 6.84. The first-order valence-corrected chi connectivity index (χ1v) is 9.11. The largest absolute Gasteiger partial charge is 0.383 e. The molecule has 0 bridgehead atoms. The lowest BCUT2D eigenvalue weighted by Gasteiger charge is -2.30. The summed E-state index contributed by atoms with van der Waals surface area (Å²) in [7, 11) is 1.66. The molecule has 24 heavy (non-hydrogen) atoms. The van der Waals surface area contributed by atoms with Crippen molar-refractivity contribution in [1.29, 1.82) is 0 Å². The van der Waals surface area contributed by atoms with Gasteiger partial charge in [-0.1, -0.05) is 37.5 Å². The zero-order valence-corrected chi connectivity index (χ0v) is 14.5. The van der Waals surface area contributed by atoms with Gasteiger partial charge in [-0.15, -0.1) is 0 Å². The maximum absolute atomic E-state index is 12.4. The van der Waals surface area contributed by atoms with Gasteiger partial charge in [0.2, 0.25) is 5.91 Å². The Balaban J connectivity index is 1.80. The molecule has 1 aliphatic carbocycles. The number of benzene rings is 1. The Labute approximate surface area is 144 Å². The van der Waals surface area contributed by atoms with Crippen LogP contribution in [-0.4, -0.2) is 31.2 Å². The Hall–Kier alpha value is -1.81. The second kappa shape index (κ2) is 8.34. The number of rotatable bonds is 7. The van der Waals surface area contributed by atoms with Gasteiger partial charge in [0.15, 0.2) is 0 Å². The van der Waals surface area contributed by atoms with Crippen LogP contribution in [-0.2, 0) is 9.53 Å². The van der Waals surface area contributed by atoms with E-state index in [2.05, 4.69) is 40.8 Å². The predicted octanol–water partition coefficient (Wildman–Crippen LogP) is 3.98. The number of nitrogens with one attached hydrogen (secondary N) is 2. The minimum absolute atomic E-state index is 0.132. The molecule has 0 radical (unpaired) electrons. The van der Waals surface area contributed by atoms with Gasteiger partial charge in [-0.25, -0.2) is 0 Å². The third-order valence-corrected chi connectivity index (χ3v) is 5.27. The van der Waals surface area contributed by atoms with Crippen molar-refractivity contribution in [2.75, 3.05) is 20.3 Å². The SMILES string of the molecule is COCCNC(=O)C[C@H](c1c[nH]c2ccccc12)C1CCCCC1. The van der Waals surface area contributed by atoms with E-state index >= 15 is 0 Å². The highest BCUT2D eigenvalue weighted by Crippen LogP contribution is 2.40. The lowest BCUT2D eigenvalue weighted by Crippen LogP contribution is -2.30. The van der Waals surface area contributed by atoms with Crippen LogP contribution in [0.4, 0.5) is 0 Å². The number of carbonyl (C=O) groups is 1. The van der Waals surface area contributed by atoms with E-state index in [0.717, 1.165) is 5.52 Å². The van der Waals surface area contributed by atoms with Crippen LogP contribution in [0.1, 0.15) is 50.0 Å². The Kier molecular flexibility index (Phi) is 5.91. The third kappa shape index (κ3) is 3.99. The van der Waals surface area contributed by atoms with Crippen LogP contribution in [0.2, 0.25) is 0 Å². The molecule has 0 spiro atoms. The monoisotopic (exact) mass is 328 g/mol. The molecule has 4 heteroatoms. The van der Waals surface area contributed by atoms with Gasteiger partial charge in [-0.2, -0.15) is 0 Å². The molecule has 130 valence electrons. The van der Waals surface area contributed by atoms with Gasteiger partial charge in [-0.05, 0) is 36.3 Å². The number of methoxy groups -OCH3 is 1.